The Morgan fingerprint density at radius 2 is 1.79 bits per heavy atom. The number of anilines is 3. The minimum atomic E-state index is -0.269. The van der Waals surface area contributed by atoms with Crippen molar-refractivity contribution in [3.05, 3.63) is 78.4 Å². The monoisotopic (exact) mass is 459 g/mol. The second-order valence-electron chi connectivity index (χ2n) is 7.43. The quantitative estimate of drug-likeness (QED) is 0.263. The van der Waals surface area contributed by atoms with Crippen molar-refractivity contribution >= 4 is 40.5 Å². The third kappa shape index (κ3) is 5.29. The predicted octanol–water partition coefficient (Wildman–Crippen LogP) is 4.71. The molecule has 34 heavy (non-hydrogen) atoms. The predicted molar refractivity (Wildman–Crippen MR) is 132 cm³/mol. The number of carbonyl (C=O) groups excluding carboxylic acids is 2. The van der Waals surface area contributed by atoms with Gasteiger partial charge in [0.05, 0.1) is 24.5 Å². The SMILES string of the molecule is CCOc1ccc2cc(N(C=O)CCOc3ccc(C(=O)Nc4ccccc4N)cc3)oc2c1. The van der Waals surface area contributed by atoms with E-state index in [2.05, 4.69) is 5.32 Å². The van der Waals surface area contributed by atoms with Gasteiger partial charge in [-0.25, -0.2) is 0 Å². The molecular weight excluding hydrogens is 434 g/mol. The number of benzene rings is 3. The van der Waals surface area contributed by atoms with E-state index in [0.717, 1.165) is 5.39 Å². The fraction of sp³-hybridized carbons (Fsp3) is 0.154. The van der Waals surface area contributed by atoms with Gasteiger partial charge in [-0.3, -0.25) is 14.5 Å². The van der Waals surface area contributed by atoms with E-state index in [1.807, 2.05) is 19.1 Å². The maximum Gasteiger partial charge on any atom is 0.255 e. The maximum atomic E-state index is 12.4. The minimum absolute atomic E-state index is 0.242. The first-order valence-electron chi connectivity index (χ1n) is 10.8. The summed E-state index contributed by atoms with van der Waals surface area (Å²) in [4.78, 5) is 25.5. The lowest BCUT2D eigenvalue weighted by Gasteiger charge is -2.14. The summed E-state index contributed by atoms with van der Waals surface area (Å²) in [6.07, 6.45) is 0.702. The van der Waals surface area contributed by atoms with E-state index in [0.29, 0.717) is 52.9 Å². The van der Waals surface area contributed by atoms with E-state index >= 15 is 0 Å². The lowest BCUT2D eigenvalue weighted by Crippen LogP contribution is -2.26. The number of amides is 2. The van der Waals surface area contributed by atoms with Gasteiger partial charge in [0.25, 0.3) is 5.91 Å². The molecule has 3 aromatic carbocycles. The Labute approximate surface area is 196 Å². The van der Waals surface area contributed by atoms with Crippen molar-refractivity contribution in [3.8, 4) is 11.5 Å². The number of rotatable bonds is 10. The number of nitrogen functional groups attached to an aromatic ring is 1. The molecule has 0 bridgehead atoms. The number of fused-ring (bicyclic) bond motifs is 1. The summed E-state index contributed by atoms with van der Waals surface area (Å²) in [6.45, 7) is 3.00. The van der Waals surface area contributed by atoms with Gasteiger partial charge in [0.15, 0.2) is 0 Å². The molecule has 0 saturated heterocycles. The standard InChI is InChI=1S/C26H25N3O5/c1-2-32-21-12-9-19-15-25(34-24(19)16-21)29(17-30)13-14-33-20-10-7-18(8-11-20)26(31)28-23-6-4-3-5-22(23)27/h3-12,15-17H,2,13-14,27H2,1H3,(H,28,31). The highest BCUT2D eigenvalue weighted by atomic mass is 16.5. The first kappa shape index (κ1) is 22.7. The molecule has 0 aliphatic rings. The molecule has 0 radical (unpaired) electrons. The summed E-state index contributed by atoms with van der Waals surface area (Å²) < 4.78 is 17.0. The summed E-state index contributed by atoms with van der Waals surface area (Å²) >= 11 is 0. The minimum Gasteiger partial charge on any atom is -0.494 e. The van der Waals surface area contributed by atoms with Crippen LogP contribution in [-0.2, 0) is 4.79 Å². The molecule has 4 aromatic rings. The van der Waals surface area contributed by atoms with Gasteiger partial charge in [0.2, 0.25) is 12.3 Å². The summed E-state index contributed by atoms with van der Waals surface area (Å²) in [7, 11) is 0. The van der Waals surface area contributed by atoms with Crippen LogP contribution in [0.25, 0.3) is 11.0 Å². The summed E-state index contributed by atoms with van der Waals surface area (Å²) in [5, 5.41) is 3.66. The van der Waals surface area contributed by atoms with Crippen LogP contribution >= 0.6 is 0 Å². The first-order valence-corrected chi connectivity index (χ1v) is 10.8. The average Bonchev–Trinajstić information content (AvgIpc) is 3.27. The van der Waals surface area contributed by atoms with Crippen LogP contribution in [0.5, 0.6) is 11.5 Å². The number of carbonyl (C=O) groups is 2. The Morgan fingerprint density at radius 1 is 1.03 bits per heavy atom. The van der Waals surface area contributed by atoms with E-state index in [1.54, 1.807) is 60.7 Å². The zero-order chi connectivity index (χ0) is 23.9. The number of nitrogens with one attached hydrogen (secondary N) is 1. The molecule has 1 heterocycles. The van der Waals surface area contributed by atoms with Crippen molar-refractivity contribution in [1.82, 2.24) is 0 Å². The molecule has 0 saturated carbocycles. The third-order valence-electron chi connectivity index (χ3n) is 5.13. The summed E-state index contributed by atoms with van der Waals surface area (Å²) in [5.74, 6) is 1.44. The fourth-order valence-electron chi connectivity index (χ4n) is 3.38. The van der Waals surface area contributed by atoms with Crippen molar-refractivity contribution in [2.75, 3.05) is 35.7 Å². The van der Waals surface area contributed by atoms with Gasteiger partial charge < -0.3 is 24.9 Å². The number of furan rings is 1. The number of nitrogens with zero attached hydrogens (tertiary/aromatic N) is 1. The second kappa shape index (κ2) is 10.4. The van der Waals surface area contributed by atoms with Gasteiger partial charge in [-0.15, -0.1) is 0 Å². The maximum absolute atomic E-state index is 12.4. The van der Waals surface area contributed by atoms with Crippen molar-refractivity contribution in [2.45, 2.75) is 6.92 Å². The highest BCUT2D eigenvalue weighted by Gasteiger charge is 2.13. The number of hydrogen-bond donors (Lipinski definition) is 2. The van der Waals surface area contributed by atoms with Crippen molar-refractivity contribution in [3.63, 3.8) is 0 Å². The Bertz CT molecular complexity index is 1280. The lowest BCUT2D eigenvalue weighted by atomic mass is 10.2. The topological polar surface area (TPSA) is 107 Å². The van der Waals surface area contributed by atoms with E-state index in [-0.39, 0.29) is 19.1 Å². The van der Waals surface area contributed by atoms with Crippen LogP contribution in [0.2, 0.25) is 0 Å². The van der Waals surface area contributed by atoms with Crippen LogP contribution in [0, 0.1) is 0 Å². The molecule has 0 atom stereocenters. The van der Waals surface area contributed by atoms with Gasteiger partial charge in [-0.2, -0.15) is 0 Å². The molecule has 0 aliphatic carbocycles. The number of para-hydroxylation sites is 2. The second-order valence-corrected chi connectivity index (χ2v) is 7.43. The third-order valence-corrected chi connectivity index (χ3v) is 5.13. The van der Waals surface area contributed by atoms with Gasteiger partial charge in [-0.05, 0) is 55.5 Å². The molecule has 8 heteroatoms. The van der Waals surface area contributed by atoms with Gasteiger partial charge >= 0.3 is 0 Å². The van der Waals surface area contributed by atoms with Crippen molar-refractivity contribution in [2.24, 2.45) is 0 Å². The van der Waals surface area contributed by atoms with Crippen molar-refractivity contribution < 1.29 is 23.5 Å². The molecule has 0 fully saturated rings. The number of ether oxygens (including phenoxy) is 2. The van der Waals surface area contributed by atoms with E-state index in [4.69, 9.17) is 19.6 Å². The molecule has 2 amide bonds. The molecule has 4 rings (SSSR count). The molecule has 0 unspecified atom stereocenters. The van der Waals surface area contributed by atoms with Crippen molar-refractivity contribution in [1.29, 1.82) is 0 Å². The normalized spacial score (nSPS) is 10.6. The molecular formula is C26H25N3O5. The van der Waals surface area contributed by atoms with E-state index in [1.165, 1.54) is 4.90 Å². The van der Waals surface area contributed by atoms with Crippen LogP contribution in [0.4, 0.5) is 17.3 Å². The van der Waals surface area contributed by atoms with Crippen LogP contribution in [-0.4, -0.2) is 32.1 Å². The van der Waals surface area contributed by atoms with Gasteiger partial charge in [0, 0.05) is 23.1 Å². The molecule has 1 aromatic heterocycles. The highest BCUT2D eigenvalue weighted by molar-refractivity contribution is 6.05. The zero-order valence-electron chi connectivity index (χ0n) is 18.7. The molecule has 0 spiro atoms. The van der Waals surface area contributed by atoms with Gasteiger partial charge in [0.1, 0.15) is 23.7 Å². The number of hydrogen-bond acceptors (Lipinski definition) is 6. The van der Waals surface area contributed by atoms with E-state index < -0.39 is 0 Å². The van der Waals surface area contributed by atoms with Crippen LogP contribution in [0.3, 0.4) is 0 Å². The lowest BCUT2D eigenvalue weighted by molar-refractivity contribution is -0.107. The Morgan fingerprint density at radius 3 is 2.53 bits per heavy atom. The average molecular weight is 460 g/mol. The smallest absolute Gasteiger partial charge is 0.255 e. The molecule has 0 aliphatic heterocycles. The van der Waals surface area contributed by atoms with Crippen LogP contribution < -0.4 is 25.4 Å². The highest BCUT2D eigenvalue weighted by Crippen LogP contribution is 2.28. The molecule has 3 N–H and O–H groups in total. The largest absolute Gasteiger partial charge is 0.494 e. The molecule has 8 nitrogen and oxygen atoms in total. The van der Waals surface area contributed by atoms with Gasteiger partial charge in [-0.1, -0.05) is 12.1 Å². The summed E-state index contributed by atoms with van der Waals surface area (Å²) in [6, 6.07) is 21.1. The fourth-order valence-corrected chi connectivity index (χ4v) is 3.38. The zero-order valence-corrected chi connectivity index (χ0v) is 18.7. The Kier molecular flexibility index (Phi) is 6.98. The summed E-state index contributed by atoms with van der Waals surface area (Å²) in [5.41, 5.74) is 8.03. The Hall–Kier alpha value is -4.46. The number of nitrogens with two attached hydrogens (primary N) is 1. The van der Waals surface area contributed by atoms with E-state index in [9.17, 15) is 9.59 Å². The Balaban J connectivity index is 1.33. The molecule has 174 valence electrons. The first-order chi connectivity index (χ1) is 16.6. The van der Waals surface area contributed by atoms with Crippen LogP contribution in [0.1, 0.15) is 17.3 Å². The van der Waals surface area contributed by atoms with Crippen LogP contribution in [0.15, 0.2) is 77.2 Å².